The van der Waals surface area contributed by atoms with Crippen LogP contribution in [-0.2, 0) is 4.74 Å². The molecule has 4 aliphatic rings. The van der Waals surface area contributed by atoms with Gasteiger partial charge in [-0.1, -0.05) is 31.9 Å². The molecule has 2 bridgehead atoms. The molecule has 2 unspecified atom stereocenters. The van der Waals surface area contributed by atoms with E-state index in [-0.39, 0.29) is 0 Å². The van der Waals surface area contributed by atoms with Crippen LogP contribution in [0.3, 0.4) is 0 Å². The summed E-state index contributed by atoms with van der Waals surface area (Å²) >= 11 is 0. The molecule has 1 saturated carbocycles. The van der Waals surface area contributed by atoms with Crippen LogP contribution in [0.5, 0.6) is 0 Å². The fraction of sp³-hybridized carbons (Fsp3) is 0.889. The van der Waals surface area contributed by atoms with Crippen LogP contribution < -0.4 is 0 Å². The number of allylic oxidation sites excluding steroid dienone is 1. The van der Waals surface area contributed by atoms with E-state index in [2.05, 4.69) is 24.8 Å². The van der Waals surface area contributed by atoms with Gasteiger partial charge in [0.05, 0.1) is 13.2 Å². The Morgan fingerprint density at radius 3 is 2.70 bits per heavy atom. The van der Waals surface area contributed by atoms with E-state index in [1.54, 1.807) is 5.57 Å². The van der Waals surface area contributed by atoms with Crippen LogP contribution >= 0.6 is 0 Å². The number of piperidine rings is 1. The quantitative estimate of drug-likeness (QED) is 0.540. The van der Waals surface area contributed by atoms with E-state index in [9.17, 15) is 0 Å². The lowest BCUT2D eigenvalue weighted by atomic mass is 9.48. The standard InChI is InChI=1S/C18H31NO/c1-18(2)16-7-6-15(17(18)14-16)8-12-20-13-11-19-9-4-3-5-10-19/h6,16-17H,3-5,7-14H2,1-2H3. The lowest BCUT2D eigenvalue weighted by molar-refractivity contribution is -0.0112. The molecule has 0 aromatic rings. The summed E-state index contributed by atoms with van der Waals surface area (Å²) in [6.07, 6.45) is 10.6. The Kier molecular flexibility index (Phi) is 4.52. The van der Waals surface area contributed by atoms with E-state index in [1.165, 1.54) is 51.6 Å². The molecule has 0 aromatic heterocycles. The Hall–Kier alpha value is -0.340. The molecular formula is C18H31NO. The summed E-state index contributed by atoms with van der Waals surface area (Å²) in [6, 6.07) is 0. The Bertz CT molecular complexity index is 354. The SMILES string of the molecule is CC1(C)C2CC=C(CCOCCN3CCCCC3)C1C2. The molecule has 0 aromatic carbocycles. The van der Waals surface area contributed by atoms with Crippen LogP contribution in [0.25, 0.3) is 0 Å². The third-order valence-corrected chi connectivity index (χ3v) is 6.12. The zero-order chi connectivity index (χ0) is 14.0. The molecule has 0 N–H and O–H groups in total. The maximum absolute atomic E-state index is 5.89. The van der Waals surface area contributed by atoms with Crippen LogP contribution in [0.4, 0.5) is 0 Å². The molecular weight excluding hydrogens is 246 g/mol. The first-order valence-electron chi connectivity index (χ1n) is 8.67. The van der Waals surface area contributed by atoms with Crippen molar-refractivity contribution in [3.05, 3.63) is 11.6 Å². The second kappa shape index (κ2) is 6.19. The van der Waals surface area contributed by atoms with Gasteiger partial charge in [-0.25, -0.2) is 0 Å². The first-order valence-corrected chi connectivity index (χ1v) is 8.67. The zero-order valence-corrected chi connectivity index (χ0v) is 13.4. The van der Waals surface area contributed by atoms with Gasteiger partial charge < -0.3 is 9.64 Å². The predicted octanol–water partition coefficient (Wildman–Crippen LogP) is 3.87. The monoisotopic (exact) mass is 277 g/mol. The second-order valence-corrected chi connectivity index (χ2v) is 7.59. The first kappa shape index (κ1) is 14.6. The third-order valence-electron chi connectivity index (χ3n) is 6.12. The van der Waals surface area contributed by atoms with Crippen molar-refractivity contribution in [1.82, 2.24) is 4.90 Å². The molecule has 1 saturated heterocycles. The summed E-state index contributed by atoms with van der Waals surface area (Å²) in [5.41, 5.74) is 2.26. The number of fused-ring (bicyclic) bond motifs is 1. The first-order chi connectivity index (χ1) is 9.68. The van der Waals surface area contributed by atoms with Gasteiger partial charge in [-0.15, -0.1) is 0 Å². The fourth-order valence-corrected chi connectivity index (χ4v) is 4.43. The van der Waals surface area contributed by atoms with Crippen LogP contribution in [0, 0.1) is 17.3 Å². The molecule has 2 fully saturated rings. The van der Waals surface area contributed by atoms with E-state index >= 15 is 0 Å². The minimum atomic E-state index is 0.567. The summed E-state index contributed by atoms with van der Waals surface area (Å²) < 4.78 is 5.89. The van der Waals surface area contributed by atoms with Crippen molar-refractivity contribution < 1.29 is 4.74 Å². The lowest BCUT2D eigenvalue weighted by Gasteiger charge is -2.56. The van der Waals surface area contributed by atoms with E-state index in [0.717, 1.165) is 31.6 Å². The molecule has 4 rings (SSSR count). The molecule has 114 valence electrons. The van der Waals surface area contributed by atoms with Gasteiger partial charge >= 0.3 is 0 Å². The van der Waals surface area contributed by atoms with Gasteiger partial charge in [-0.05, 0) is 62.4 Å². The number of likely N-dealkylation sites (tertiary alicyclic amines) is 1. The Balaban J connectivity index is 1.31. The minimum absolute atomic E-state index is 0.567. The zero-order valence-electron chi connectivity index (χ0n) is 13.4. The van der Waals surface area contributed by atoms with Crippen LogP contribution in [0.15, 0.2) is 11.6 Å². The predicted molar refractivity (Wildman–Crippen MR) is 83.8 cm³/mol. The highest BCUT2D eigenvalue weighted by Crippen LogP contribution is 2.59. The fourth-order valence-electron chi connectivity index (χ4n) is 4.43. The molecule has 1 heterocycles. The molecule has 20 heavy (non-hydrogen) atoms. The number of nitrogens with zero attached hydrogens (tertiary/aromatic N) is 1. The summed E-state index contributed by atoms with van der Waals surface area (Å²) in [7, 11) is 0. The summed E-state index contributed by atoms with van der Waals surface area (Å²) in [5, 5.41) is 0. The van der Waals surface area contributed by atoms with Crippen molar-refractivity contribution >= 4 is 0 Å². The molecule has 1 aliphatic heterocycles. The van der Waals surface area contributed by atoms with Crippen LogP contribution in [0.1, 0.15) is 52.4 Å². The molecule has 2 nitrogen and oxygen atoms in total. The van der Waals surface area contributed by atoms with Crippen molar-refractivity contribution in [3.63, 3.8) is 0 Å². The lowest BCUT2D eigenvalue weighted by Crippen LogP contribution is -2.48. The Morgan fingerprint density at radius 2 is 2.00 bits per heavy atom. The molecule has 0 amide bonds. The van der Waals surface area contributed by atoms with Crippen molar-refractivity contribution in [2.24, 2.45) is 17.3 Å². The van der Waals surface area contributed by atoms with Gasteiger partial charge in [0.25, 0.3) is 0 Å². The van der Waals surface area contributed by atoms with E-state index in [4.69, 9.17) is 4.74 Å². The highest BCUT2D eigenvalue weighted by Gasteiger charge is 2.50. The number of hydrogen-bond acceptors (Lipinski definition) is 2. The average molecular weight is 277 g/mol. The molecule has 0 spiro atoms. The van der Waals surface area contributed by atoms with Crippen LogP contribution in [-0.4, -0.2) is 37.7 Å². The topological polar surface area (TPSA) is 12.5 Å². The van der Waals surface area contributed by atoms with Crippen LogP contribution in [0.2, 0.25) is 0 Å². The second-order valence-electron chi connectivity index (χ2n) is 7.59. The summed E-state index contributed by atoms with van der Waals surface area (Å²) in [6.45, 7) is 10.5. The third kappa shape index (κ3) is 2.96. The van der Waals surface area contributed by atoms with Gasteiger partial charge in [-0.3, -0.25) is 0 Å². The normalized spacial score (nSPS) is 32.6. The smallest absolute Gasteiger partial charge is 0.0593 e. The van der Waals surface area contributed by atoms with Gasteiger partial charge in [0.15, 0.2) is 0 Å². The largest absolute Gasteiger partial charge is 0.380 e. The maximum Gasteiger partial charge on any atom is 0.0593 e. The van der Waals surface area contributed by atoms with Gasteiger partial charge in [0, 0.05) is 6.54 Å². The van der Waals surface area contributed by atoms with E-state index in [0.29, 0.717) is 5.41 Å². The Morgan fingerprint density at radius 1 is 1.20 bits per heavy atom. The number of rotatable bonds is 6. The number of ether oxygens (including phenoxy) is 1. The number of hydrogen-bond donors (Lipinski definition) is 0. The van der Waals surface area contributed by atoms with Crippen molar-refractivity contribution in [2.45, 2.75) is 52.4 Å². The molecule has 2 atom stereocenters. The van der Waals surface area contributed by atoms with Crippen molar-refractivity contribution in [2.75, 3.05) is 32.8 Å². The van der Waals surface area contributed by atoms with Gasteiger partial charge in [0.2, 0.25) is 0 Å². The Labute approximate surface area is 124 Å². The highest BCUT2D eigenvalue weighted by atomic mass is 16.5. The van der Waals surface area contributed by atoms with E-state index in [1.807, 2.05) is 0 Å². The average Bonchev–Trinajstić information content (AvgIpc) is 2.48. The molecule has 2 heteroatoms. The van der Waals surface area contributed by atoms with Crippen molar-refractivity contribution in [3.8, 4) is 0 Å². The molecule has 0 radical (unpaired) electrons. The maximum atomic E-state index is 5.89. The summed E-state index contributed by atoms with van der Waals surface area (Å²) in [4.78, 5) is 2.56. The van der Waals surface area contributed by atoms with Gasteiger partial charge in [0.1, 0.15) is 0 Å². The van der Waals surface area contributed by atoms with E-state index < -0.39 is 0 Å². The molecule has 3 aliphatic carbocycles. The van der Waals surface area contributed by atoms with Crippen molar-refractivity contribution in [1.29, 1.82) is 0 Å². The highest BCUT2D eigenvalue weighted by molar-refractivity contribution is 5.23. The minimum Gasteiger partial charge on any atom is -0.380 e. The van der Waals surface area contributed by atoms with Gasteiger partial charge in [-0.2, -0.15) is 0 Å². The summed E-state index contributed by atoms with van der Waals surface area (Å²) in [5.74, 6) is 1.81.